The van der Waals surface area contributed by atoms with Crippen molar-refractivity contribution in [1.29, 1.82) is 0 Å². The first-order valence-corrected chi connectivity index (χ1v) is 6.55. The Morgan fingerprint density at radius 3 is 2.75 bits per heavy atom. The topological polar surface area (TPSA) is 85.6 Å². The van der Waals surface area contributed by atoms with Crippen LogP contribution in [-0.4, -0.2) is 36.1 Å². The first-order valence-electron chi connectivity index (χ1n) is 6.55. The third kappa shape index (κ3) is 3.04. The maximum atomic E-state index is 11.5. The van der Waals surface area contributed by atoms with Crippen LogP contribution < -0.4 is 4.90 Å². The zero-order valence-electron chi connectivity index (χ0n) is 11.5. The summed E-state index contributed by atoms with van der Waals surface area (Å²) < 4.78 is 4.61. The number of methoxy groups -OCH3 is 1. The lowest BCUT2D eigenvalue weighted by Crippen LogP contribution is -2.27. The van der Waals surface area contributed by atoms with E-state index in [-0.39, 0.29) is 17.2 Å². The zero-order valence-corrected chi connectivity index (χ0v) is 11.5. The smallest absolute Gasteiger partial charge is 0.356 e. The van der Waals surface area contributed by atoms with Crippen LogP contribution in [0.5, 0.6) is 0 Å². The van der Waals surface area contributed by atoms with Crippen molar-refractivity contribution in [2.24, 2.45) is 5.92 Å². The molecule has 1 aromatic rings. The molecule has 0 amide bonds. The molecule has 0 saturated heterocycles. The van der Waals surface area contributed by atoms with Crippen molar-refractivity contribution in [2.45, 2.75) is 19.8 Å². The Labute approximate surface area is 116 Å². The van der Waals surface area contributed by atoms with E-state index in [1.165, 1.54) is 19.2 Å². The quantitative estimate of drug-likeness (QED) is 0.450. The lowest BCUT2D eigenvalue weighted by molar-refractivity contribution is -0.384. The van der Waals surface area contributed by atoms with Gasteiger partial charge in [0.15, 0.2) is 5.69 Å². The van der Waals surface area contributed by atoms with Gasteiger partial charge in [-0.25, -0.2) is 9.78 Å². The summed E-state index contributed by atoms with van der Waals surface area (Å²) in [6.07, 6.45) is 2.28. The average molecular weight is 279 g/mol. The van der Waals surface area contributed by atoms with Gasteiger partial charge in [-0.1, -0.05) is 0 Å². The molecular weight excluding hydrogens is 262 g/mol. The number of nitro groups is 1. The van der Waals surface area contributed by atoms with E-state index in [4.69, 9.17) is 0 Å². The highest BCUT2D eigenvalue weighted by molar-refractivity contribution is 5.88. The summed E-state index contributed by atoms with van der Waals surface area (Å²) in [5.74, 6) is 0.217. The molecule has 1 heterocycles. The molecule has 1 aromatic heterocycles. The Balaban J connectivity index is 2.38. The van der Waals surface area contributed by atoms with Crippen molar-refractivity contribution >= 4 is 17.5 Å². The highest BCUT2D eigenvalue weighted by Gasteiger charge is 2.28. The predicted molar refractivity (Wildman–Crippen MR) is 72.8 cm³/mol. The number of carbonyl (C=O) groups excluding carboxylic acids is 1. The Morgan fingerprint density at radius 2 is 2.25 bits per heavy atom. The summed E-state index contributed by atoms with van der Waals surface area (Å²) in [7, 11) is 1.26. The number of pyridine rings is 1. The predicted octanol–water partition coefficient (Wildman–Crippen LogP) is 2.01. The molecule has 1 saturated carbocycles. The molecule has 0 bridgehead atoms. The maximum Gasteiger partial charge on any atom is 0.356 e. The van der Waals surface area contributed by atoms with E-state index in [0.29, 0.717) is 12.5 Å². The van der Waals surface area contributed by atoms with Crippen molar-refractivity contribution in [1.82, 2.24) is 4.98 Å². The summed E-state index contributed by atoms with van der Waals surface area (Å²) in [5, 5.41) is 11.1. The SMILES string of the molecule is CCN(CC1CC1)c1nc(C(=O)OC)ccc1[N+](=O)[O-]. The van der Waals surface area contributed by atoms with Crippen LogP contribution in [0.1, 0.15) is 30.3 Å². The fourth-order valence-corrected chi connectivity index (χ4v) is 2.01. The zero-order chi connectivity index (χ0) is 14.7. The first kappa shape index (κ1) is 14.2. The van der Waals surface area contributed by atoms with Gasteiger partial charge in [-0.3, -0.25) is 10.1 Å². The number of hydrogen-bond acceptors (Lipinski definition) is 6. The maximum absolute atomic E-state index is 11.5. The van der Waals surface area contributed by atoms with Gasteiger partial charge >= 0.3 is 11.7 Å². The molecule has 7 heteroatoms. The third-order valence-electron chi connectivity index (χ3n) is 3.30. The minimum absolute atomic E-state index is 0.0832. The second-order valence-electron chi connectivity index (χ2n) is 4.77. The fourth-order valence-electron chi connectivity index (χ4n) is 2.01. The van der Waals surface area contributed by atoms with Gasteiger partial charge in [0, 0.05) is 19.2 Å². The van der Waals surface area contributed by atoms with Crippen LogP contribution in [-0.2, 0) is 4.74 Å². The third-order valence-corrected chi connectivity index (χ3v) is 3.30. The fraction of sp³-hybridized carbons (Fsp3) is 0.538. The number of hydrogen-bond donors (Lipinski definition) is 0. The second-order valence-corrected chi connectivity index (χ2v) is 4.77. The van der Waals surface area contributed by atoms with E-state index < -0.39 is 10.9 Å². The van der Waals surface area contributed by atoms with Crippen LogP contribution in [0.15, 0.2) is 12.1 Å². The van der Waals surface area contributed by atoms with Gasteiger partial charge in [0.1, 0.15) is 0 Å². The van der Waals surface area contributed by atoms with Gasteiger partial charge in [0.05, 0.1) is 12.0 Å². The lowest BCUT2D eigenvalue weighted by atomic mass is 10.2. The standard InChI is InChI=1S/C13H17N3O4/c1-3-15(8-9-4-5-9)12-11(16(18)19)7-6-10(14-12)13(17)20-2/h6-7,9H,3-5,8H2,1-2H3. The van der Waals surface area contributed by atoms with Gasteiger partial charge in [-0.15, -0.1) is 0 Å². The Kier molecular flexibility index (Phi) is 4.16. The van der Waals surface area contributed by atoms with E-state index in [0.717, 1.165) is 19.4 Å². The largest absolute Gasteiger partial charge is 0.464 e. The summed E-state index contributed by atoms with van der Waals surface area (Å²) in [4.78, 5) is 28.1. The number of esters is 1. The number of aromatic nitrogens is 1. The molecule has 1 aliphatic rings. The van der Waals surface area contributed by atoms with E-state index in [1.807, 2.05) is 11.8 Å². The van der Waals surface area contributed by atoms with Crippen LogP contribution in [0.25, 0.3) is 0 Å². The van der Waals surface area contributed by atoms with Gasteiger partial charge in [0.2, 0.25) is 5.82 Å². The molecule has 0 aromatic carbocycles. The molecule has 20 heavy (non-hydrogen) atoms. The van der Waals surface area contributed by atoms with Crippen LogP contribution in [0, 0.1) is 16.0 Å². The van der Waals surface area contributed by atoms with Gasteiger partial charge in [0.25, 0.3) is 0 Å². The minimum Gasteiger partial charge on any atom is -0.464 e. The van der Waals surface area contributed by atoms with E-state index >= 15 is 0 Å². The number of ether oxygens (including phenoxy) is 1. The molecule has 108 valence electrons. The average Bonchev–Trinajstić information content (AvgIpc) is 3.27. The van der Waals surface area contributed by atoms with Crippen molar-refractivity contribution in [3.05, 3.63) is 27.9 Å². The van der Waals surface area contributed by atoms with E-state index in [9.17, 15) is 14.9 Å². The van der Waals surface area contributed by atoms with Crippen molar-refractivity contribution in [3.8, 4) is 0 Å². The Hall–Kier alpha value is -2.18. The molecule has 1 fully saturated rings. The molecule has 1 aliphatic carbocycles. The van der Waals surface area contributed by atoms with Crippen LogP contribution in [0.4, 0.5) is 11.5 Å². The van der Waals surface area contributed by atoms with Gasteiger partial charge in [-0.05, 0) is 31.7 Å². The number of rotatable bonds is 6. The molecule has 7 nitrogen and oxygen atoms in total. The van der Waals surface area contributed by atoms with Crippen LogP contribution in [0.2, 0.25) is 0 Å². The summed E-state index contributed by atoms with van der Waals surface area (Å²) in [6, 6.07) is 2.63. The second kappa shape index (κ2) is 5.85. The molecule has 0 N–H and O–H groups in total. The van der Waals surface area contributed by atoms with Crippen molar-refractivity contribution in [3.63, 3.8) is 0 Å². The Bertz CT molecular complexity index is 528. The summed E-state index contributed by atoms with van der Waals surface area (Å²) in [6.45, 7) is 3.25. The lowest BCUT2D eigenvalue weighted by Gasteiger charge is -2.21. The number of nitrogens with zero attached hydrogens (tertiary/aromatic N) is 3. The molecule has 0 radical (unpaired) electrons. The molecule has 0 unspecified atom stereocenters. The Morgan fingerprint density at radius 1 is 1.55 bits per heavy atom. The van der Waals surface area contributed by atoms with Crippen LogP contribution >= 0.6 is 0 Å². The van der Waals surface area contributed by atoms with Gasteiger partial charge in [-0.2, -0.15) is 0 Å². The molecule has 0 aliphatic heterocycles. The highest BCUT2D eigenvalue weighted by Crippen LogP contribution is 2.33. The van der Waals surface area contributed by atoms with E-state index in [2.05, 4.69) is 9.72 Å². The van der Waals surface area contributed by atoms with Crippen molar-refractivity contribution < 1.29 is 14.5 Å². The van der Waals surface area contributed by atoms with Crippen molar-refractivity contribution in [2.75, 3.05) is 25.1 Å². The number of anilines is 1. The van der Waals surface area contributed by atoms with Gasteiger partial charge < -0.3 is 9.64 Å². The van der Waals surface area contributed by atoms with Crippen LogP contribution in [0.3, 0.4) is 0 Å². The molecule has 0 atom stereocenters. The first-order chi connectivity index (χ1) is 9.56. The highest BCUT2D eigenvalue weighted by atomic mass is 16.6. The van der Waals surface area contributed by atoms with E-state index in [1.54, 1.807) is 0 Å². The molecular formula is C13H17N3O4. The summed E-state index contributed by atoms with van der Waals surface area (Å²) in [5.41, 5.74) is 0.00231. The molecule has 0 spiro atoms. The molecule has 2 rings (SSSR count). The number of carbonyl (C=O) groups is 1. The normalized spacial score (nSPS) is 13.9. The monoisotopic (exact) mass is 279 g/mol. The summed E-state index contributed by atoms with van der Waals surface area (Å²) >= 11 is 0. The minimum atomic E-state index is -0.594.